The predicted octanol–water partition coefficient (Wildman–Crippen LogP) is 5.92. The molecule has 0 saturated carbocycles. The first-order chi connectivity index (χ1) is 12.3. The first kappa shape index (κ1) is 16.0. The minimum absolute atomic E-state index is 0.837. The van der Waals surface area contributed by atoms with Gasteiger partial charge in [0.05, 0.1) is 16.3 Å². The molecule has 0 bridgehead atoms. The largest absolute Gasteiger partial charge is 0.278 e. The summed E-state index contributed by atoms with van der Waals surface area (Å²) in [6, 6.07) is 22.3. The Balaban J connectivity index is 1.74. The molecule has 3 nitrogen and oxygen atoms in total. The van der Waals surface area contributed by atoms with Crippen LogP contribution in [0.2, 0.25) is 0 Å². The number of aromatic nitrogens is 1. The summed E-state index contributed by atoms with van der Waals surface area (Å²) in [4.78, 5) is 5.69. The number of thiophene rings is 1. The molecular formula is C20H14BrN3S. The van der Waals surface area contributed by atoms with Crippen molar-refractivity contribution < 1.29 is 0 Å². The van der Waals surface area contributed by atoms with E-state index in [1.54, 1.807) is 11.3 Å². The molecule has 4 aromatic rings. The average Bonchev–Trinajstić information content (AvgIpc) is 3.18. The van der Waals surface area contributed by atoms with Crippen LogP contribution >= 0.6 is 27.3 Å². The molecule has 0 aliphatic heterocycles. The smallest absolute Gasteiger partial charge is 0.126 e. The van der Waals surface area contributed by atoms with Crippen molar-refractivity contribution in [1.29, 1.82) is 0 Å². The van der Waals surface area contributed by atoms with E-state index in [9.17, 15) is 0 Å². The van der Waals surface area contributed by atoms with Gasteiger partial charge in [-0.1, -0.05) is 46.3 Å². The molecule has 1 N–H and O–H groups in total. The summed E-state index contributed by atoms with van der Waals surface area (Å²) < 4.78 is 1.04. The standard InChI is InChI=1S/C20H14BrN3S/c21-16-7-9-17(10-8-16)23-24-20(19-6-3-11-25-19)18-12-14-4-1-2-5-15(14)13-22-18/h1-13,23H. The zero-order valence-electron chi connectivity index (χ0n) is 13.2. The van der Waals surface area contributed by atoms with Gasteiger partial charge in [-0.3, -0.25) is 10.4 Å². The fourth-order valence-corrected chi connectivity index (χ4v) is 3.50. The number of halogens is 1. The van der Waals surface area contributed by atoms with E-state index in [4.69, 9.17) is 0 Å². The van der Waals surface area contributed by atoms with Gasteiger partial charge >= 0.3 is 0 Å². The summed E-state index contributed by atoms with van der Waals surface area (Å²) in [7, 11) is 0. The Morgan fingerprint density at radius 1 is 0.960 bits per heavy atom. The summed E-state index contributed by atoms with van der Waals surface area (Å²) in [5.74, 6) is 0. The Labute approximate surface area is 158 Å². The highest BCUT2D eigenvalue weighted by Crippen LogP contribution is 2.20. The van der Waals surface area contributed by atoms with Crippen LogP contribution in [0.3, 0.4) is 0 Å². The Hall–Kier alpha value is -2.50. The number of fused-ring (bicyclic) bond motifs is 1. The summed E-state index contributed by atoms with van der Waals surface area (Å²) in [5.41, 5.74) is 5.76. The van der Waals surface area contributed by atoms with Gasteiger partial charge in [0.1, 0.15) is 5.71 Å². The van der Waals surface area contributed by atoms with Crippen LogP contribution in [0.5, 0.6) is 0 Å². The molecule has 0 fully saturated rings. The molecule has 0 amide bonds. The number of hydrogen-bond acceptors (Lipinski definition) is 4. The van der Waals surface area contributed by atoms with Crippen LogP contribution < -0.4 is 5.43 Å². The lowest BCUT2D eigenvalue weighted by Gasteiger charge is -2.07. The normalized spacial score (nSPS) is 11.6. The molecule has 25 heavy (non-hydrogen) atoms. The van der Waals surface area contributed by atoms with E-state index in [2.05, 4.69) is 55.7 Å². The Morgan fingerprint density at radius 2 is 1.76 bits per heavy atom. The first-order valence-electron chi connectivity index (χ1n) is 7.78. The molecule has 2 aromatic heterocycles. The van der Waals surface area contributed by atoms with Gasteiger partial charge in [-0.25, -0.2) is 0 Å². The fraction of sp³-hybridized carbons (Fsp3) is 0. The maximum absolute atomic E-state index is 4.64. The van der Waals surface area contributed by atoms with Crippen molar-refractivity contribution in [1.82, 2.24) is 4.98 Å². The number of rotatable bonds is 4. The lowest BCUT2D eigenvalue weighted by atomic mass is 10.1. The number of nitrogens with zero attached hydrogens (tertiary/aromatic N) is 2. The van der Waals surface area contributed by atoms with Crippen LogP contribution in [0.4, 0.5) is 5.69 Å². The summed E-state index contributed by atoms with van der Waals surface area (Å²) in [6.07, 6.45) is 1.90. The van der Waals surface area contributed by atoms with E-state index in [0.29, 0.717) is 0 Å². The van der Waals surface area contributed by atoms with Crippen molar-refractivity contribution in [3.8, 4) is 0 Å². The summed E-state index contributed by atoms with van der Waals surface area (Å²) in [5, 5.41) is 8.97. The van der Waals surface area contributed by atoms with E-state index in [1.807, 2.05) is 54.0 Å². The highest BCUT2D eigenvalue weighted by Gasteiger charge is 2.11. The van der Waals surface area contributed by atoms with Crippen molar-refractivity contribution in [2.75, 3.05) is 5.43 Å². The minimum Gasteiger partial charge on any atom is -0.278 e. The second-order valence-electron chi connectivity index (χ2n) is 5.47. The number of nitrogens with one attached hydrogen (secondary N) is 1. The van der Waals surface area contributed by atoms with Gasteiger partial charge in [0.2, 0.25) is 0 Å². The summed E-state index contributed by atoms with van der Waals surface area (Å²) >= 11 is 5.10. The van der Waals surface area contributed by atoms with Gasteiger partial charge in [0.15, 0.2) is 0 Å². The lowest BCUT2D eigenvalue weighted by Crippen LogP contribution is -2.07. The average molecular weight is 408 g/mol. The third-order valence-electron chi connectivity index (χ3n) is 3.77. The van der Waals surface area contributed by atoms with E-state index in [1.165, 1.54) is 0 Å². The molecule has 122 valence electrons. The van der Waals surface area contributed by atoms with Crippen LogP contribution in [0.25, 0.3) is 10.8 Å². The SMILES string of the molecule is Brc1ccc(NN=C(c2cc3ccccc3cn2)c2cccs2)cc1. The Morgan fingerprint density at radius 3 is 2.52 bits per heavy atom. The molecule has 5 heteroatoms. The topological polar surface area (TPSA) is 37.3 Å². The number of anilines is 1. The number of hydrazone groups is 1. The van der Waals surface area contributed by atoms with E-state index in [0.717, 1.165) is 37.2 Å². The van der Waals surface area contributed by atoms with E-state index in [-0.39, 0.29) is 0 Å². The summed E-state index contributed by atoms with van der Waals surface area (Å²) in [6.45, 7) is 0. The lowest BCUT2D eigenvalue weighted by molar-refractivity contribution is 1.27. The number of benzene rings is 2. The van der Waals surface area contributed by atoms with E-state index >= 15 is 0 Å². The van der Waals surface area contributed by atoms with E-state index < -0.39 is 0 Å². The molecule has 0 atom stereocenters. The second kappa shape index (κ2) is 7.17. The molecule has 0 unspecified atom stereocenters. The number of pyridine rings is 1. The van der Waals surface area contributed by atoms with Crippen molar-refractivity contribution in [3.05, 3.63) is 93.4 Å². The molecule has 0 aliphatic carbocycles. The van der Waals surface area contributed by atoms with Crippen molar-refractivity contribution in [3.63, 3.8) is 0 Å². The molecule has 2 aromatic carbocycles. The zero-order chi connectivity index (χ0) is 17.1. The van der Waals surface area contributed by atoms with Crippen LogP contribution in [-0.2, 0) is 0 Å². The Bertz CT molecular complexity index is 1020. The van der Waals surface area contributed by atoms with Gasteiger partial charge in [-0.2, -0.15) is 5.10 Å². The maximum Gasteiger partial charge on any atom is 0.126 e. The molecule has 0 radical (unpaired) electrons. The minimum atomic E-state index is 0.837. The first-order valence-corrected chi connectivity index (χ1v) is 9.45. The third-order valence-corrected chi connectivity index (χ3v) is 5.17. The van der Waals surface area contributed by atoms with Crippen LogP contribution in [0.1, 0.15) is 10.6 Å². The van der Waals surface area contributed by atoms with Gasteiger partial charge < -0.3 is 0 Å². The highest BCUT2D eigenvalue weighted by molar-refractivity contribution is 9.10. The quantitative estimate of drug-likeness (QED) is 0.336. The third kappa shape index (κ3) is 3.62. The van der Waals surface area contributed by atoms with Crippen LogP contribution in [0.15, 0.2) is 87.9 Å². The maximum atomic E-state index is 4.64. The Kier molecular flexibility index (Phi) is 4.59. The predicted molar refractivity (Wildman–Crippen MR) is 109 cm³/mol. The fourth-order valence-electron chi connectivity index (χ4n) is 2.51. The van der Waals surface area contributed by atoms with Crippen molar-refractivity contribution in [2.24, 2.45) is 5.10 Å². The number of hydrogen-bond donors (Lipinski definition) is 1. The highest BCUT2D eigenvalue weighted by atomic mass is 79.9. The van der Waals surface area contributed by atoms with Gasteiger partial charge in [0.25, 0.3) is 0 Å². The molecular weight excluding hydrogens is 394 g/mol. The monoisotopic (exact) mass is 407 g/mol. The molecule has 0 spiro atoms. The molecule has 0 saturated heterocycles. The van der Waals surface area contributed by atoms with Crippen LogP contribution in [-0.4, -0.2) is 10.7 Å². The molecule has 2 heterocycles. The zero-order valence-corrected chi connectivity index (χ0v) is 15.6. The van der Waals surface area contributed by atoms with Gasteiger partial charge in [-0.15, -0.1) is 11.3 Å². The van der Waals surface area contributed by atoms with Crippen molar-refractivity contribution >= 4 is 49.4 Å². The molecule has 4 rings (SSSR count). The van der Waals surface area contributed by atoms with Crippen LogP contribution in [0, 0.1) is 0 Å². The molecule has 0 aliphatic rings. The van der Waals surface area contributed by atoms with Gasteiger partial charge in [-0.05, 0) is 47.2 Å². The second-order valence-corrected chi connectivity index (χ2v) is 7.34. The van der Waals surface area contributed by atoms with Gasteiger partial charge in [0, 0.05) is 16.1 Å². The van der Waals surface area contributed by atoms with Crippen molar-refractivity contribution in [2.45, 2.75) is 0 Å².